The van der Waals surface area contributed by atoms with Crippen LogP contribution in [0.5, 0.6) is 0 Å². The van der Waals surface area contributed by atoms with Crippen LogP contribution in [-0.2, 0) is 10.0 Å². The first-order chi connectivity index (χ1) is 14.9. The summed E-state index contributed by atoms with van der Waals surface area (Å²) in [5.41, 5.74) is 2.70. The maximum absolute atomic E-state index is 13.4. The molecule has 0 atom stereocenters. The highest BCUT2D eigenvalue weighted by molar-refractivity contribution is 7.89. The Bertz CT molecular complexity index is 1160. The number of benzene rings is 3. The third-order valence-corrected chi connectivity index (χ3v) is 7.50. The molecule has 0 unspecified atom stereocenters. The molecule has 3 aromatic carbocycles. The second-order valence-electron chi connectivity index (χ2n) is 7.53. The lowest BCUT2D eigenvalue weighted by Gasteiger charge is -2.35. The minimum absolute atomic E-state index is 0.182. The molecule has 7 heteroatoms. The van der Waals surface area contributed by atoms with Crippen LogP contribution in [0, 0.1) is 6.92 Å². The molecule has 1 saturated heterocycles. The van der Waals surface area contributed by atoms with Crippen LogP contribution in [0.1, 0.15) is 15.9 Å². The summed E-state index contributed by atoms with van der Waals surface area (Å²) in [6.45, 7) is 3.80. The molecule has 160 valence electrons. The van der Waals surface area contributed by atoms with E-state index < -0.39 is 10.0 Å². The van der Waals surface area contributed by atoms with Crippen molar-refractivity contribution in [3.8, 4) is 0 Å². The standard InChI is InChI=1S/C24H25N3O3S/c1-19-12-13-20(24(28)25-21-8-4-2-5-9-21)18-23(19)31(29,30)27-16-14-26(15-17-27)22-10-6-3-7-11-22/h2-13,18H,14-17H2,1H3,(H,25,28). The van der Waals surface area contributed by atoms with Gasteiger partial charge in [0.05, 0.1) is 4.90 Å². The number of carbonyl (C=O) groups is 1. The van der Waals surface area contributed by atoms with E-state index in [9.17, 15) is 13.2 Å². The molecule has 1 aliphatic rings. The molecule has 3 aromatic rings. The number of hydrogen-bond donors (Lipinski definition) is 1. The fourth-order valence-corrected chi connectivity index (χ4v) is 5.38. The van der Waals surface area contributed by atoms with Crippen molar-refractivity contribution in [1.82, 2.24) is 4.31 Å². The van der Waals surface area contributed by atoms with Crippen molar-refractivity contribution in [3.63, 3.8) is 0 Å². The molecular formula is C24H25N3O3S. The Kier molecular flexibility index (Phi) is 6.06. The molecule has 1 amide bonds. The lowest BCUT2D eigenvalue weighted by Crippen LogP contribution is -2.48. The summed E-state index contributed by atoms with van der Waals surface area (Å²) in [7, 11) is -3.70. The predicted octanol–water partition coefficient (Wildman–Crippen LogP) is 3.76. The van der Waals surface area contributed by atoms with Crippen LogP contribution >= 0.6 is 0 Å². The first kappa shape index (κ1) is 21.1. The van der Waals surface area contributed by atoms with Gasteiger partial charge >= 0.3 is 0 Å². The van der Waals surface area contributed by atoms with Crippen LogP contribution in [0.3, 0.4) is 0 Å². The van der Waals surface area contributed by atoms with Gasteiger partial charge in [0.2, 0.25) is 10.0 Å². The largest absolute Gasteiger partial charge is 0.369 e. The zero-order valence-corrected chi connectivity index (χ0v) is 18.2. The number of amides is 1. The molecule has 0 bridgehead atoms. The minimum atomic E-state index is -3.70. The summed E-state index contributed by atoms with van der Waals surface area (Å²) in [5, 5.41) is 2.81. The minimum Gasteiger partial charge on any atom is -0.369 e. The topological polar surface area (TPSA) is 69.7 Å². The van der Waals surface area contributed by atoms with Crippen molar-refractivity contribution in [3.05, 3.63) is 90.0 Å². The van der Waals surface area contributed by atoms with Crippen molar-refractivity contribution in [2.45, 2.75) is 11.8 Å². The van der Waals surface area contributed by atoms with E-state index in [4.69, 9.17) is 0 Å². The van der Waals surface area contributed by atoms with Gasteiger partial charge in [-0.1, -0.05) is 42.5 Å². The molecule has 0 aliphatic carbocycles. The van der Waals surface area contributed by atoms with E-state index in [1.54, 1.807) is 31.2 Å². The smallest absolute Gasteiger partial charge is 0.255 e. The molecule has 0 radical (unpaired) electrons. The number of sulfonamides is 1. The second-order valence-corrected chi connectivity index (χ2v) is 9.43. The number of carbonyl (C=O) groups excluding carboxylic acids is 1. The van der Waals surface area contributed by atoms with E-state index >= 15 is 0 Å². The molecule has 1 N–H and O–H groups in total. The maximum Gasteiger partial charge on any atom is 0.255 e. The molecular weight excluding hydrogens is 410 g/mol. The monoisotopic (exact) mass is 435 g/mol. The van der Waals surface area contributed by atoms with E-state index in [-0.39, 0.29) is 10.8 Å². The Morgan fingerprint density at radius 2 is 1.45 bits per heavy atom. The molecule has 6 nitrogen and oxygen atoms in total. The van der Waals surface area contributed by atoms with Crippen LogP contribution in [-0.4, -0.2) is 44.8 Å². The number of piperazine rings is 1. The summed E-state index contributed by atoms with van der Waals surface area (Å²) in [6, 6.07) is 23.9. The summed E-state index contributed by atoms with van der Waals surface area (Å²) in [4.78, 5) is 15.0. The van der Waals surface area contributed by atoms with Crippen molar-refractivity contribution in [2.24, 2.45) is 0 Å². The van der Waals surface area contributed by atoms with Crippen molar-refractivity contribution in [2.75, 3.05) is 36.4 Å². The highest BCUT2D eigenvalue weighted by Crippen LogP contribution is 2.24. The number of rotatable bonds is 5. The van der Waals surface area contributed by atoms with Gasteiger partial charge in [0.1, 0.15) is 0 Å². The fraction of sp³-hybridized carbons (Fsp3) is 0.208. The Hall–Kier alpha value is -3.16. The van der Waals surface area contributed by atoms with Crippen LogP contribution in [0.25, 0.3) is 0 Å². The molecule has 0 saturated carbocycles. The number of nitrogens with one attached hydrogen (secondary N) is 1. The predicted molar refractivity (Wildman–Crippen MR) is 123 cm³/mol. The molecule has 1 aliphatic heterocycles. The maximum atomic E-state index is 13.4. The average molecular weight is 436 g/mol. The van der Waals surface area contributed by atoms with Gasteiger partial charge in [-0.3, -0.25) is 4.79 Å². The van der Waals surface area contributed by atoms with Crippen molar-refractivity contribution >= 4 is 27.3 Å². The molecule has 4 rings (SSSR count). The van der Waals surface area contributed by atoms with Gasteiger partial charge in [-0.2, -0.15) is 4.31 Å². The van der Waals surface area contributed by atoms with Gasteiger partial charge < -0.3 is 10.2 Å². The first-order valence-corrected chi connectivity index (χ1v) is 11.7. The van der Waals surface area contributed by atoms with Crippen molar-refractivity contribution < 1.29 is 13.2 Å². The van der Waals surface area contributed by atoms with E-state index in [2.05, 4.69) is 10.2 Å². The Morgan fingerprint density at radius 1 is 0.839 bits per heavy atom. The molecule has 1 heterocycles. The Balaban J connectivity index is 1.51. The zero-order chi connectivity index (χ0) is 21.8. The van der Waals surface area contributed by atoms with E-state index in [1.165, 1.54) is 10.4 Å². The first-order valence-electron chi connectivity index (χ1n) is 10.2. The fourth-order valence-electron chi connectivity index (χ4n) is 3.71. The summed E-state index contributed by atoms with van der Waals surface area (Å²) in [5.74, 6) is -0.337. The molecule has 1 fully saturated rings. The lowest BCUT2D eigenvalue weighted by atomic mass is 10.1. The van der Waals surface area contributed by atoms with Gasteiger partial charge in [-0.05, 0) is 48.9 Å². The number of aryl methyl sites for hydroxylation is 1. The lowest BCUT2D eigenvalue weighted by molar-refractivity contribution is 0.102. The van der Waals surface area contributed by atoms with Gasteiger partial charge in [0.15, 0.2) is 0 Å². The highest BCUT2D eigenvalue weighted by atomic mass is 32.2. The molecule has 31 heavy (non-hydrogen) atoms. The number of nitrogens with zero attached hydrogens (tertiary/aromatic N) is 2. The van der Waals surface area contributed by atoms with Crippen LogP contribution < -0.4 is 10.2 Å². The summed E-state index contributed by atoms with van der Waals surface area (Å²) < 4.78 is 28.2. The molecule has 0 aromatic heterocycles. The second kappa shape index (κ2) is 8.91. The van der Waals surface area contributed by atoms with Gasteiger partial charge in [0, 0.05) is 43.1 Å². The third-order valence-electron chi connectivity index (χ3n) is 5.46. The quantitative estimate of drug-likeness (QED) is 0.663. The van der Waals surface area contributed by atoms with Crippen molar-refractivity contribution in [1.29, 1.82) is 0 Å². The van der Waals surface area contributed by atoms with Crippen LogP contribution in [0.15, 0.2) is 83.8 Å². The number of hydrogen-bond acceptors (Lipinski definition) is 4. The summed E-state index contributed by atoms with van der Waals surface area (Å²) in [6.07, 6.45) is 0. The molecule has 0 spiro atoms. The van der Waals surface area contributed by atoms with E-state index in [0.717, 1.165) is 5.69 Å². The van der Waals surface area contributed by atoms with E-state index in [1.807, 2.05) is 48.5 Å². The Morgan fingerprint density at radius 3 is 2.10 bits per heavy atom. The average Bonchev–Trinajstić information content (AvgIpc) is 2.80. The van der Waals surface area contributed by atoms with Gasteiger partial charge in [-0.15, -0.1) is 0 Å². The third kappa shape index (κ3) is 4.62. The van der Waals surface area contributed by atoms with Gasteiger partial charge in [-0.25, -0.2) is 8.42 Å². The van der Waals surface area contributed by atoms with E-state index in [0.29, 0.717) is 43.0 Å². The summed E-state index contributed by atoms with van der Waals surface area (Å²) >= 11 is 0. The normalized spacial score (nSPS) is 14.9. The highest BCUT2D eigenvalue weighted by Gasteiger charge is 2.30. The number of anilines is 2. The van der Waals surface area contributed by atoms with Crippen LogP contribution in [0.2, 0.25) is 0 Å². The van der Waals surface area contributed by atoms with Crippen LogP contribution in [0.4, 0.5) is 11.4 Å². The Labute approximate surface area is 183 Å². The zero-order valence-electron chi connectivity index (χ0n) is 17.4. The SMILES string of the molecule is Cc1ccc(C(=O)Nc2ccccc2)cc1S(=O)(=O)N1CCN(c2ccccc2)CC1. The van der Waals surface area contributed by atoms with Gasteiger partial charge in [0.25, 0.3) is 5.91 Å². The number of para-hydroxylation sites is 2.